The SMILES string of the molecule is CC.Cc1ccc(=S)[nH]c1NC(=O)C1CC(C)CN1. The van der Waals surface area contributed by atoms with E-state index in [0.29, 0.717) is 16.4 Å². The Morgan fingerprint density at radius 2 is 2.11 bits per heavy atom. The lowest BCUT2D eigenvalue weighted by molar-refractivity contribution is -0.117. The first kappa shape index (κ1) is 15.9. The van der Waals surface area contributed by atoms with E-state index < -0.39 is 0 Å². The number of rotatable bonds is 2. The molecule has 0 aromatic carbocycles. The van der Waals surface area contributed by atoms with Gasteiger partial charge in [-0.3, -0.25) is 4.79 Å². The molecular weight excluding hydrogens is 258 g/mol. The summed E-state index contributed by atoms with van der Waals surface area (Å²) in [5.74, 6) is 1.26. The molecule has 2 rings (SSSR count). The van der Waals surface area contributed by atoms with Crippen LogP contribution >= 0.6 is 12.2 Å². The average Bonchev–Trinajstić information content (AvgIpc) is 2.83. The number of aromatic nitrogens is 1. The van der Waals surface area contributed by atoms with Crippen LogP contribution in [0.5, 0.6) is 0 Å². The molecule has 19 heavy (non-hydrogen) atoms. The van der Waals surface area contributed by atoms with Crippen molar-refractivity contribution in [2.75, 3.05) is 11.9 Å². The molecule has 1 amide bonds. The summed E-state index contributed by atoms with van der Waals surface area (Å²) >= 11 is 5.04. The van der Waals surface area contributed by atoms with Gasteiger partial charge < -0.3 is 15.6 Å². The van der Waals surface area contributed by atoms with Crippen LogP contribution in [0.1, 0.15) is 32.8 Å². The Hall–Kier alpha value is -1.20. The van der Waals surface area contributed by atoms with Gasteiger partial charge in [0.15, 0.2) is 0 Å². The number of aryl methyl sites for hydroxylation is 1. The van der Waals surface area contributed by atoms with Crippen molar-refractivity contribution in [2.24, 2.45) is 5.92 Å². The lowest BCUT2D eigenvalue weighted by Gasteiger charge is -2.12. The Morgan fingerprint density at radius 3 is 2.68 bits per heavy atom. The van der Waals surface area contributed by atoms with Gasteiger partial charge in [-0.2, -0.15) is 0 Å². The third-order valence-electron chi connectivity index (χ3n) is 3.04. The van der Waals surface area contributed by atoms with Crippen molar-refractivity contribution in [1.82, 2.24) is 10.3 Å². The minimum absolute atomic E-state index is 0.00861. The number of pyridine rings is 1. The van der Waals surface area contributed by atoms with Gasteiger partial charge in [-0.15, -0.1) is 0 Å². The number of anilines is 1. The molecule has 0 saturated carbocycles. The van der Waals surface area contributed by atoms with Gasteiger partial charge in [0.25, 0.3) is 0 Å². The second kappa shape index (κ2) is 7.40. The third kappa shape index (κ3) is 4.44. The fourth-order valence-electron chi connectivity index (χ4n) is 2.00. The molecule has 0 bridgehead atoms. The molecule has 1 saturated heterocycles. The Bertz CT molecular complexity index is 484. The zero-order chi connectivity index (χ0) is 14.4. The quantitative estimate of drug-likeness (QED) is 0.730. The standard InChI is InChI=1S/C12H17N3OS.C2H6/c1-7-5-9(13-6-7)12(16)15-11-8(2)3-4-10(17)14-11;1-2/h3-4,7,9,13H,5-6H2,1-2H3,(H2,14,15,16,17);1-2H3. The maximum atomic E-state index is 12.0. The van der Waals surface area contributed by atoms with Crippen molar-refractivity contribution in [3.05, 3.63) is 22.3 Å². The number of hydrogen-bond acceptors (Lipinski definition) is 3. The summed E-state index contributed by atoms with van der Waals surface area (Å²) in [6.07, 6.45) is 0.887. The number of carbonyl (C=O) groups is 1. The van der Waals surface area contributed by atoms with E-state index in [4.69, 9.17) is 12.2 Å². The molecule has 4 nitrogen and oxygen atoms in total. The average molecular weight is 281 g/mol. The van der Waals surface area contributed by atoms with E-state index in [2.05, 4.69) is 22.5 Å². The molecule has 1 aliphatic rings. The second-order valence-electron chi connectivity index (χ2n) is 4.67. The van der Waals surface area contributed by atoms with Crippen molar-refractivity contribution >= 4 is 23.9 Å². The first-order valence-electron chi connectivity index (χ1n) is 6.80. The van der Waals surface area contributed by atoms with Gasteiger partial charge in [0.1, 0.15) is 10.5 Å². The number of aromatic amines is 1. The monoisotopic (exact) mass is 281 g/mol. The molecule has 2 atom stereocenters. The summed E-state index contributed by atoms with van der Waals surface area (Å²) in [7, 11) is 0. The van der Waals surface area contributed by atoms with E-state index in [1.54, 1.807) is 0 Å². The summed E-state index contributed by atoms with van der Waals surface area (Å²) < 4.78 is 0.624. The van der Waals surface area contributed by atoms with E-state index in [-0.39, 0.29) is 11.9 Å². The molecule has 5 heteroatoms. The van der Waals surface area contributed by atoms with Gasteiger partial charge >= 0.3 is 0 Å². The van der Waals surface area contributed by atoms with Gasteiger partial charge in [0.2, 0.25) is 5.91 Å². The van der Waals surface area contributed by atoms with Crippen LogP contribution in [0, 0.1) is 17.5 Å². The van der Waals surface area contributed by atoms with Crippen LogP contribution in [-0.2, 0) is 4.79 Å². The molecule has 1 aromatic heterocycles. The predicted molar refractivity (Wildman–Crippen MR) is 81.9 cm³/mol. The van der Waals surface area contributed by atoms with Gasteiger partial charge in [0, 0.05) is 0 Å². The lowest BCUT2D eigenvalue weighted by Crippen LogP contribution is -2.35. The van der Waals surface area contributed by atoms with Crippen molar-refractivity contribution in [3.8, 4) is 0 Å². The van der Waals surface area contributed by atoms with E-state index in [0.717, 1.165) is 18.5 Å². The molecule has 0 aliphatic carbocycles. The molecular formula is C14H23N3OS. The molecule has 0 spiro atoms. The first-order valence-corrected chi connectivity index (χ1v) is 7.21. The predicted octanol–water partition coefficient (Wildman–Crippen LogP) is 3.02. The van der Waals surface area contributed by atoms with Crippen molar-refractivity contribution in [3.63, 3.8) is 0 Å². The van der Waals surface area contributed by atoms with Crippen molar-refractivity contribution in [2.45, 2.75) is 40.2 Å². The maximum Gasteiger partial charge on any atom is 0.242 e. The fourth-order valence-corrected chi connectivity index (χ4v) is 2.17. The fraction of sp³-hybridized carbons (Fsp3) is 0.571. The molecule has 2 unspecified atom stereocenters. The van der Waals surface area contributed by atoms with E-state index in [9.17, 15) is 4.79 Å². The number of amides is 1. The number of H-pyrrole nitrogens is 1. The third-order valence-corrected chi connectivity index (χ3v) is 3.28. The lowest BCUT2D eigenvalue weighted by atomic mass is 10.1. The highest BCUT2D eigenvalue weighted by Gasteiger charge is 2.26. The van der Waals surface area contributed by atoms with Crippen LogP contribution in [0.25, 0.3) is 0 Å². The summed E-state index contributed by atoms with van der Waals surface area (Å²) in [5, 5.41) is 6.10. The summed E-state index contributed by atoms with van der Waals surface area (Å²) in [5.41, 5.74) is 0.984. The molecule has 1 aromatic rings. The van der Waals surface area contributed by atoms with Crippen LogP contribution in [0.15, 0.2) is 12.1 Å². The highest BCUT2D eigenvalue weighted by Crippen LogP contribution is 2.16. The number of carbonyl (C=O) groups excluding carboxylic acids is 1. The minimum Gasteiger partial charge on any atom is -0.333 e. The Morgan fingerprint density at radius 1 is 1.42 bits per heavy atom. The van der Waals surface area contributed by atoms with E-state index >= 15 is 0 Å². The Balaban J connectivity index is 0.000000861. The molecule has 106 valence electrons. The van der Waals surface area contributed by atoms with Crippen LogP contribution in [0.2, 0.25) is 0 Å². The Kier molecular flexibility index (Phi) is 6.18. The van der Waals surface area contributed by atoms with Gasteiger partial charge in [-0.25, -0.2) is 0 Å². The minimum atomic E-state index is -0.0911. The first-order chi connectivity index (χ1) is 9.06. The van der Waals surface area contributed by atoms with Crippen molar-refractivity contribution < 1.29 is 4.79 Å². The van der Waals surface area contributed by atoms with Crippen LogP contribution in [-0.4, -0.2) is 23.5 Å². The molecule has 1 aliphatic heterocycles. The van der Waals surface area contributed by atoms with Gasteiger partial charge in [-0.05, 0) is 37.4 Å². The highest BCUT2D eigenvalue weighted by molar-refractivity contribution is 7.71. The van der Waals surface area contributed by atoms with Crippen LogP contribution in [0.4, 0.5) is 5.82 Å². The number of nitrogens with one attached hydrogen (secondary N) is 3. The second-order valence-corrected chi connectivity index (χ2v) is 5.11. The van der Waals surface area contributed by atoms with Crippen LogP contribution < -0.4 is 10.6 Å². The zero-order valence-electron chi connectivity index (χ0n) is 12.0. The highest BCUT2D eigenvalue weighted by atomic mass is 32.1. The number of hydrogen-bond donors (Lipinski definition) is 3. The largest absolute Gasteiger partial charge is 0.333 e. The molecule has 3 N–H and O–H groups in total. The smallest absolute Gasteiger partial charge is 0.242 e. The van der Waals surface area contributed by atoms with Gasteiger partial charge in [0.05, 0.1) is 6.04 Å². The topological polar surface area (TPSA) is 56.9 Å². The molecule has 2 heterocycles. The molecule has 0 radical (unpaired) electrons. The molecule has 1 fully saturated rings. The summed E-state index contributed by atoms with van der Waals surface area (Å²) in [6, 6.07) is 3.63. The summed E-state index contributed by atoms with van der Waals surface area (Å²) in [6.45, 7) is 8.98. The van der Waals surface area contributed by atoms with Crippen molar-refractivity contribution in [1.29, 1.82) is 0 Å². The maximum absolute atomic E-state index is 12.0. The Labute approximate surface area is 120 Å². The van der Waals surface area contributed by atoms with E-state index in [1.807, 2.05) is 32.9 Å². The zero-order valence-corrected chi connectivity index (χ0v) is 12.9. The van der Waals surface area contributed by atoms with Gasteiger partial charge in [-0.1, -0.05) is 39.1 Å². The van der Waals surface area contributed by atoms with E-state index in [1.165, 1.54) is 0 Å². The van der Waals surface area contributed by atoms with Crippen LogP contribution in [0.3, 0.4) is 0 Å². The summed E-state index contributed by atoms with van der Waals surface area (Å²) in [4.78, 5) is 15.0. The normalized spacial score (nSPS) is 21.5.